The van der Waals surface area contributed by atoms with Crippen LogP contribution in [0.15, 0.2) is 6.07 Å². The fourth-order valence-electron chi connectivity index (χ4n) is 2.10. The molecule has 0 spiro atoms. The lowest BCUT2D eigenvalue weighted by Gasteiger charge is -2.19. The molecule has 1 heterocycles. The SMILES string of the molecule is Cc1cc(C)c(C(N)=O)c(NC(C)CC(C)N)n1. The lowest BCUT2D eigenvalue weighted by molar-refractivity contribution is 0.1000. The molecule has 0 saturated heterocycles. The van der Waals surface area contributed by atoms with Crippen LogP contribution in [0.3, 0.4) is 0 Å². The summed E-state index contributed by atoms with van der Waals surface area (Å²) in [5.74, 6) is 0.0867. The van der Waals surface area contributed by atoms with E-state index in [1.54, 1.807) is 0 Å². The Bertz CT molecular complexity index is 443. The molecular weight excluding hydrogens is 228 g/mol. The van der Waals surface area contributed by atoms with Crippen molar-refractivity contribution >= 4 is 11.7 Å². The van der Waals surface area contributed by atoms with Crippen LogP contribution in [0.2, 0.25) is 0 Å². The highest BCUT2D eigenvalue weighted by Crippen LogP contribution is 2.19. The number of aryl methyl sites for hydroxylation is 2. The third-order valence-corrected chi connectivity index (χ3v) is 2.70. The highest BCUT2D eigenvalue weighted by atomic mass is 16.1. The Labute approximate surface area is 108 Å². The molecule has 0 radical (unpaired) electrons. The maximum Gasteiger partial charge on any atom is 0.252 e. The molecule has 0 aliphatic heterocycles. The van der Waals surface area contributed by atoms with Gasteiger partial charge in [-0.2, -0.15) is 0 Å². The summed E-state index contributed by atoms with van der Waals surface area (Å²) < 4.78 is 0. The maximum atomic E-state index is 11.5. The van der Waals surface area contributed by atoms with Crippen molar-refractivity contribution in [1.29, 1.82) is 0 Å². The Kier molecular flexibility index (Phi) is 4.67. The van der Waals surface area contributed by atoms with E-state index in [2.05, 4.69) is 10.3 Å². The molecule has 1 amide bonds. The Balaban J connectivity index is 3.03. The van der Waals surface area contributed by atoms with Crippen LogP contribution < -0.4 is 16.8 Å². The largest absolute Gasteiger partial charge is 0.367 e. The fraction of sp³-hybridized carbons (Fsp3) is 0.538. The number of carbonyl (C=O) groups excluding carboxylic acids is 1. The predicted octanol–water partition coefficient (Wildman–Crippen LogP) is 1.34. The van der Waals surface area contributed by atoms with E-state index >= 15 is 0 Å². The normalized spacial score (nSPS) is 14.1. The number of pyridine rings is 1. The Morgan fingerprint density at radius 1 is 1.44 bits per heavy atom. The monoisotopic (exact) mass is 250 g/mol. The van der Waals surface area contributed by atoms with Gasteiger partial charge in [-0.25, -0.2) is 4.98 Å². The van der Waals surface area contributed by atoms with Crippen molar-refractivity contribution in [2.24, 2.45) is 11.5 Å². The van der Waals surface area contributed by atoms with Gasteiger partial charge in [0.05, 0.1) is 5.56 Å². The molecular formula is C13H22N4O. The van der Waals surface area contributed by atoms with E-state index < -0.39 is 5.91 Å². The number of carbonyl (C=O) groups is 1. The van der Waals surface area contributed by atoms with Crippen LogP contribution in [0, 0.1) is 13.8 Å². The number of anilines is 1. The minimum atomic E-state index is -0.463. The van der Waals surface area contributed by atoms with Crippen LogP contribution in [-0.4, -0.2) is 23.0 Å². The molecule has 1 aromatic heterocycles. The molecule has 2 unspecified atom stereocenters. The number of amides is 1. The van der Waals surface area contributed by atoms with E-state index in [-0.39, 0.29) is 12.1 Å². The van der Waals surface area contributed by atoms with Crippen molar-refractivity contribution in [2.75, 3.05) is 5.32 Å². The van der Waals surface area contributed by atoms with Crippen LogP contribution in [0.1, 0.15) is 41.9 Å². The second-order valence-electron chi connectivity index (χ2n) is 4.93. The first-order valence-electron chi connectivity index (χ1n) is 6.11. The molecule has 1 aromatic rings. The van der Waals surface area contributed by atoms with Gasteiger partial charge in [0.15, 0.2) is 0 Å². The number of primary amides is 1. The smallest absolute Gasteiger partial charge is 0.252 e. The van der Waals surface area contributed by atoms with Gasteiger partial charge in [-0.15, -0.1) is 0 Å². The Hall–Kier alpha value is -1.62. The van der Waals surface area contributed by atoms with Crippen LogP contribution in [0.25, 0.3) is 0 Å². The number of nitrogens with zero attached hydrogens (tertiary/aromatic N) is 1. The summed E-state index contributed by atoms with van der Waals surface area (Å²) in [5, 5.41) is 3.21. The molecule has 5 N–H and O–H groups in total. The summed E-state index contributed by atoms with van der Waals surface area (Å²) in [6.45, 7) is 7.70. The van der Waals surface area contributed by atoms with Crippen LogP contribution in [-0.2, 0) is 0 Å². The summed E-state index contributed by atoms with van der Waals surface area (Å²) in [7, 11) is 0. The summed E-state index contributed by atoms with van der Waals surface area (Å²) in [6, 6.07) is 2.08. The van der Waals surface area contributed by atoms with E-state index in [1.807, 2.05) is 33.8 Å². The zero-order valence-electron chi connectivity index (χ0n) is 11.4. The molecule has 18 heavy (non-hydrogen) atoms. The van der Waals surface area contributed by atoms with Gasteiger partial charge in [0.25, 0.3) is 5.91 Å². The first kappa shape index (κ1) is 14.4. The highest BCUT2D eigenvalue weighted by molar-refractivity contribution is 5.99. The molecule has 0 aromatic carbocycles. The average Bonchev–Trinajstić information content (AvgIpc) is 2.12. The molecule has 5 nitrogen and oxygen atoms in total. The molecule has 0 aliphatic carbocycles. The van der Waals surface area contributed by atoms with Gasteiger partial charge in [-0.1, -0.05) is 0 Å². The number of nitrogens with one attached hydrogen (secondary N) is 1. The van der Waals surface area contributed by atoms with E-state index in [0.717, 1.165) is 17.7 Å². The maximum absolute atomic E-state index is 11.5. The van der Waals surface area contributed by atoms with Gasteiger partial charge >= 0.3 is 0 Å². The van der Waals surface area contributed by atoms with Gasteiger partial charge in [0, 0.05) is 17.8 Å². The fourth-order valence-corrected chi connectivity index (χ4v) is 2.10. The standard InChI is InChI=1S/C13H22N4O/c1-7-5-9(3)16-13(11(7)12(15)18)17-10(4)6-8(2)14/h5,8,10H,6,14H2,1-4H3,(H2,15,18)(H,16,17). The topological polar surface area (TPSA) is 94.0 Å². The third-order valence-electron chi connectivity index (χ3n) is 2.70. The molecule has 2 atom stereocenters. The number of hydrogen-bond acceptors (Lipinski definition) is 4. The minimum absolute atomic E-state index is 0.0930. The molecule has 5 heteroatoms. The van der Waals surface area contributed by atoms with E-state index in [4.69, 9.17) is 11.5 Å². The Morgan fingerprint density at radius 2 is 2.06 bits per heavy atom. The average molecular weight is 250 g/mol. The van der Waals surface area contributed by atoms with Crippen LogP contribution >= 0.6 is 0 Å². The third kappa shape index (κ3) is 3.70. The molecule has 0 bridgehead atoms. The minimum Gasteiger partial charge on any atom is -0.367 e. The predicted molar refractivity (Wildman–Crippen MR) is 73.6 cm³/mol. The number of aromatic nitrogens is 1. The second-order valence-corrected chi connectivity index (χ2v) is 4.93. The molecule has 0 saturated carbocycles. The van der Waals surface area contributed by atoms with Crippen molar-refractivity contribution < 1.29 is 4.79 Å². The lowest BCUT2D eigenvalue weighted by Crippen LogP contribution is -2.28. The van der Waals surface area contributed by atoms with Gasteiger partial charge < -0.3 is 16.8 Å². The number of nitrogens with two attached hydrogens (primary N) is 2. The summed E-state index contributed by atoms with van der Waals surface area (Å²) in [5.41, 5.74) is 13.3. The second kappa shape index (κ2) is 5.82. The molecule has 100 valence electrons. The summed E-state index contributed by atoms with van der Waals surface area (Å²) in [6.07, 6.45) is 0.798. The molecule has 0 aliphatic rings. The van der Waals surface area contributed by atoms with Crippen molar-refractivity contribution in [3.8, 4) is 0 Å². The first-order chi connectivity index (χ1) is 8.31. The molecule has 0 fully saturated rings. The quantitative estimate of drug-likeness (QED) is 0.735. The summed E-state index contributed by atoms with van der Waals surface area (Å²) in [4.78, 5) is 15.8. The van der Waals surface area contributed by atoms with E-state index in [0.29, 0.717) is 11.4 Å². The number of hydrogen-bond donors (Lipinski definition) is 3. The van der Waals surface area contributed by atoms with Gasteiger partial charge in [-0.05, 0) is 45.7 Å². The zero-order valence-corrected chi connectivity index (χ0v) is 11.4. The van der Waals surface area contributed by atoms with E-state index in [1.165, 1.54) is 0 Å². The van der Waals surface area contributed by atoms with Crippen molar-refractivity contribution in [2.45, 2.75) is 46.2 Å². The van der Waals surface area contributed by atoms with Crippen molar-refractivity contribution in [3.05, 3.63) is 22.9 Å². The highest BCUT2D eigenvalue weighted by Gasteiger charge is 2.16. The van der Waals surface area contributed by atoms with Crippen molar-refractivity contribution in [1.82, 2.24) is 4.98 Å². The van der Waals surface area contributed by atoms with Crippen molar-refractivity contribution in [3.63, 3.8) is 0 Å². The van der Waals surface area contributed by atoms with Gasteiger partial charge in [0.1, 0.15) is 5.82 Å². The lowest BCUT2D eigenvalue weighted by atomic mass is 10.1. The van der Waals surface area contributed by atoms with Crippen LogP contribution in [0.4, 0.5) is 5.82 Å². The van der Waals surface area contributed by atoms with Gasteiger partial charge in [-0.3, -0.25) is 4.79 Å². The van der Waals surface area contributed by atoms with Gasteiger partial charge in [0.2, 0.25) is 0 Å². The van der Waals surface area contributed by atoms with Crippen LogP contribution in [0.5, 0.6) is 0 Å². The molecule has 1 rings (SSSR count). The summed E-state index contributed by atoms with van der Waals surface area (Å²) >= 11 is 0. The zero-order chi connectivity index (χ0) is 13.9. The van der Waals surface area contributed by atoms with E-state index in [9.17, 15) is 4.79 Å². The Morgan fingerprint density at radius 3 is 2.56 bits per heavy atom. The number of rotatable bonds is 5. The first-order valence-corrected chi connectivity index (χ1v) is 6.11.